The second-order valence-corrected chi connectivity index (χ2v) is 9.74. The van der Waals surface area contributed by atoms with Gasteiger partial charge in [0.15, 0.2) is 0 Å². The zero-order chi connectivity index (χ0) is 16.7. The number of rotatable bonds is 5. The topological polar surface area (TPSA) is 63.7 Å². The van der Waals surface area contributed by atoms with Gasteiger partial charge in [0.05, 0.1) is 4.90 Å². The highest BCUT2D eigenvalue weighted by atomic mass is 32.3. The van der Waals surface area contributed by atoms with E-state index < -0.39 is 31.0 Å². The summed E-state index contributed by atoms with van der Waals surface area (Å²) in [5, 5.41) is 0. The smallest absolute Gasteiger partial charge is 0.280 e. The normalized spacial score (nSPS) is 25.3. The zero-order valence-corrected chi connectivity index (χ0v) is 14.5. The minimum atomic E-state index is -3.89. The second kappa shape index (κ2) is 5.85. The molecule has 1 heterocycles. The third-order valence-corrected chi connectivity index (χ3v) is 8.46. The molecular formula is C17H18O4S2. The standard InChI is InChI=1S/C17H18O4S2/c1-13(2)16-17(21-16,22(18)14-9-5-3-6-10-14)23(19,20)15-11-7-4-8-12-15/h3-13,16H,1-2H3/t16-,17-,22+/m1/s1. The maximum Gasteiger partial charge on any atom is 0.280 e. The molecule has 1 aliphatic rings. The van der Waals surface area contributed by atoms with E-state index in [0.717, 1.165) is 0 Å². The quantitative estimate of drug-likeness (QED) is 0.778. The predicted molar refractivity (Wildman–Crippen MR) is 88.9 cm³/mol. The van der Waals surface area contributed by atoms with Crippen LogP contribution in [0.3, 0.4) is 0 Å². The molecule has 0 N–H and O–H groups in total. The Bertz CT molecular complexity index is 816. The van der Waals surface area contributed by atoms with Gasteiger partial charge in [-0.25, -0.2) is 8.42 Å². The molecule has 3 atom stereocenters. The van der Waals surface area contributed by atoms with Gasteiger partial charge >= 0.3 is 0 Å². The summed E-state index contributed by atoms with van der Waals surface area (Å²) in [5.74, 6) is -0.0545. The molecule has 4 nitrogen and oxygen atoms in total. The summed E-state index contributed by atoms with van der Waals surface area (Å²) in [6, 6.07) is 16.7. The van der Waals surface area contributed by atoms with E-state index in [-0.39, 0.29) is 10.8 Å². The molecule has 0 aliphatic carbocycles. The largest absolute Gasteiger partial charge is 0.337 e. The van der Waals surface area contributed by atoms with Crippen LogP contribution >= 0.6 is 0 Å². The van der Waals surface area contributed by atoms with Crippen molar-refractivity contribution in [1.29, 1.82) is 0 Å². The van der Waals surface area contributed by atoms with Gasteiger partial charge in [-0.15, -0.1) is 0 Å². The first kappa shape index (κ1) is 16.4. The fourth-order valence-corrected chi connectivity index (χ4v) is 7.06. The third-order valence-electron chi connectivity index (χ3n) is 3.83. The number of benzene rings is 2. The lowest BCUT2D eigenvalue weighted by molar-refractivity contribution is 0.341. The highest BCUT2D eigenvalue weighted by molar-refractivity contribution is 8.07. The van der Waals surface area contributed by atoms with Gasteiger partial charge in [0, 0.05) is 4.90 Å². The molecule has 0 radical (unpaired) electrons. The van der Waals surface area contributed by atoms with Gasteiger partial charge in [-0.1, -0.05) is 50.2 Å². The molecule has 0 amide bonds. The molecule has 122 valence electrons. The van der Waals surface area contributed by atoms with Crippen LogP contribution in [0.4, 0.5) is 0 Å². The lowest BCUT2D eigenvalue weighted by atomic mass is 10.1. The molecule has 1 saturated heterocycles. The number of epoxide rings is 1. The summed E-state index contributed by atoms with van der Waals surface area (Å²) in [5.41, 5.74) is 0. The summed E-state index contributed by atoms with van der Waals surface area (Å²) in [7, 11) is -5.70. The first-order chi connectivity index (χ1) is 10.9. The second-order valence-electron chi connectivity index (χ2n) is 5.78. The van der Waals surface area contributed by atoms with Gasteiger partial charge in [-0.2, -0.15) is 0 Å². The van der Waals surface area contributed by atoms with E-state index in [1.807, 2.05) is 13.8 Å². The first-order valence-electron chi connectivity index (χ1n) is 7.35. The van der Waals surface area contributed by atoms with E-state index in [2.05, 4.69) is 0 Å². The number of sulfone groups is 1. The van der Waals surface area contributed by atoms with E-state index >= 15 is 0 Å². The van der Waals surface area contributed by atoms with Gasteiger partial charge in [0.25, 0.3) is 4.27 Å². The van der Waals surface area contributed by atoms with Crippen molar-refractivity contribution < 1.29 is 17.4 Å². The van der Waals surface area contributed by atoms with Crippen molar-refractivity contribution in [3.8, 4) is 0 Å². The Morgan fingerprint density at radius 1 is 1.00 bits per heavy atom. The van der Waals surface area contributed by atoms with Crippen LogP contribution in [-0.4, -0.2) is 23.0 Å². The lowest BCUT2D eigenvalue weighted by Crippen LogP contribution is -2.34. The molecule has 0 aromatic heterocycles. The van der Waals surface area contributed by atoms with Gasteiger partial charge < -0.3 is 4.74 Å². The molecular weight excluding hydrogens is 332 g/mol. The Morgan fingerprint density at radius 2 is 1.52 bits per heavy atom. The SMILES string of the molecule is CC(C)[C@H]1O[C@]1([S@@](=O)c1ccccc1)S(=O)(=O)c1ccccc1. The summed E-state index contributed by atoms with van der Waals surface area (Å²) in [4.78, 5) is 0.586. The average molecular weight is 350 g/mol. The Balaban J connectivity index is 2.12. The predicted octanol–water partition coefficient (Wildman–Crippen LogP) is 2.98. The Morgan fingerprint density at radius 3 is 2.00 bits per heavy atom. The minimum Gasteiger partial charge on any atom is -0.337 e. The van der Waals surface area contributed by atoms with Crippen LogP contribution in [0.25, 0.3) is 0 Å². The lowest BCUT2D eigenvalue weighted by Gasteiger charge is -2.15. The fraction of sp³-hybridized carbons (Fsp3) is 0.294. The Kier molecular flexibility index (Phi) is 4.16. The van der Waals surface area contributed by atoms with Crippen LogP contribution in [0.15, 0.2) is 70.5 Å². The molecule has 0 unspecified atom stereocenters. The molecule has 0 saturated carbocycles. The average Bonchev–Trinajstić information content (AvgIpc) is 3.33. The summed E-state index contributed by atoms with van der Waals surface area (Å²) < 4.78 is 43.2. The van der Waals surface area contributed by atoms with Crippen LogP contribution in [0.2, 0.25) is 0 Å². The molecule has 2 aromatic rings. The van der Waals surface area contributed by atoms with Gasteiger partial charge in [0.2, 0.25) is 9.84 Å². The van der Waals surface area contributed by atoms with Crippen molar-refractivity contribution in [3.05, 3.63) is 60.7 Å². The van der Waals surface area contributed by atoms with Crippen molar-refractivity contribution in [2.75, 3.05) is 0 Å². The highest BCUT2D eigenvalue weighted by Gasteiger charge is 2.72. The van der Waals surface area contributed by atoms with E-state index in [1.54, 1.807) is 48.5 Å². The van der Waals surface area contributed by atoms with Crippen LogP contribution < -0.4 is 0 Å². The van der Waals surface area contributed by atoms with Crippen LogP contribution in [0, 0.1) is 5.92 Å². The fourth-order valence-electron chi connectivity index (χ4n) is 2.62. The summed E-state index contributed by atoms with van der Waals surface area (Å²) in [6.07, 6.45) is -0.589. The van der Waals surface area contributed by atoms with Crippen molar-refractivity contribution in [2.24, 2.45) is 5.92 Å². The molecule has 0 bridgehead atoms. The molecule has 3 rings (SSSR count). The van der Waals surface area contributed by atoms with Gasteiger partial charge in [-0.3, -0.25) is 4.21 Å². The van der Waals surface area contributed by atoms with Crippen molar-refractivity contribution in [3.63, 3.8) is 0 Å². The molecule has 1 aliphatic heterocycles. The number of hydrogen-bond acceptors (Lipinski definition) is 4. The Labute approximate surface area is 138 Å². The van der Waals surface area contributed by atoms with E-state index in [9.17, 15) is 12.6 Å². The molecule has 2 aromatic carbocycles. The monoisotopic (exact) mass is 350 g/mol. The van der Waals surface area contributed by atoms with Gasteiger partial charge in [0.1, 0.15) is 16.9 Å². The Hall–Kier alpha value is -1.50. The minimum absolute atomic E-state index is 0.0545. The van der Waals surface area contributed by atoms with Crippen molar-refractivity contribution in [2.45, 2.75) is 34.0 Å². The number of hydrogen-bond donors (Lipinski definition) is 0. The molecule has 0 spiro atoms. The highest BCUT2D eigenvalue weighted by Crippen LogP contribution is 2.52. The summed E-state index contributed by atoms with van der Waals surface area (Å²) >= 11 is 0. The van der Waals surface area contributed by atoms with E-state index in [0.29, 0.717) is 4.90 Å². The molecule has 23 heavy (non-hydrogen) atoms. The summed E-state index contributed by atoms with van der Waals surface area (Å²) in [6.45, 7) is 3.74. The maximum atomic E-state index is 13.1. The van der Waals surface area contributed by atoms with Crippen molar-refractivity contribution >= 4 is 20.6 Å². The van der Waals surface area contributed by atoms with Crippen LogP contribution in [0.1, 0.15) is 13.8 Å². The van der Waals surface area contributed by atoms with Crippen LogP contribution in [0.5, 0.6) is 0 Å². The molecule has 6 heteroatoms. The van der Waals surface area contributed by atoms with Crippen molar-refractivity contribution in [1.82, 2.24) is 0 Å². The maximum absolute atomic E-state index is 13.1. The van der Waals surface area contributed by atoms with Crippen LogP contribution in [-0.2, 0) is 25.4 Å². The molecule has 1 fully saturated rings. The number of ether oxygens (including phenoxy) is 1. The third kappa shape index (κ3) is 2.55. The van der Waals surface area contributed by atoms with E-state index in [1.165, 1.54) is 12.1 Å². The first-order valence-corrected chi connectivity index (χ1v) is 9.99. The van der Waals surface area contributed by atoms with E-state index in [4.69, 9.17) is 4.74 Å². The van der Waals surface area contributed by atoms with Gasteiger partial charge in [-0.05, 0) is 30.2 Å². The zero-order valence-electron chi connectivity index (χ0n) is 12.9.